The Labute approximate surface area is 184 Å². The molecule has 3 nitrogen and oxygen atoms in total. The molecule has 0 spiro atoms. The van der Waals surface area contributed by atoms with Crippen molar-refractivity contribution in [1.82, 2.24) is 9.88 Å². The predicted molar refractivity (Wildman–Crippen MR) is 123 cm³/mol. The van der Waals surface area contributed by atoms with E-state index in [0.29, 0.717) is 12.5 Å². The quantitative estimate of drug-likeness (QED) is 0.491. The Bertz CT molecular complexity index is 1050. The van der Waals surface area contributed by atoms with Crippen LogP contribution in [0.5, 0.6) is 0 Å². The molecule has 1 aromatic heterocycles. The monoisotopic (exact) mass is 418 g/mol. The smallest absolute Gasteiger partial charge is 0.123 e. The highest BCUT2D eigenvalue weighted by Gasteiger charge is 2.36. The Balaban J connectivity index is 1.43. The summed E-state index contributed by atoms with van der Waals surface area (Å²) < 4.78 is 20.2. The Morgan fingerprint density at radius 3 is 2.58 bits per heavy atom. The Morgan fingerprint density at radius 1 is 1.13 bits per heavy atom. The summed E-state index contributed by atoms with van der Waals surface area (Å²) >= 11 is 0. The van der Waals surface area contributed by atoms with Gasteiger partial charge in [-0.15, -0.1) is 0 Å². The average Bonchev–Trinajstić information content (AvgIpc) is 3.64. The van der Waals surface area contributed by atoms with Crippen LogP contribution in [0, 0.1) is 5.82 Å². The third kappa shape index (κ3) is 4.24. The summed E-state index contributed by atoms with van der Waals surface area (Å²) in [7, 11) is 2.17. The first-order chi connectivity index (χ1) is 15.0. The molecule has 1 aliphatic carbocycles. The summed E-state index contributed by atoms with van der Waals surface area (Å²) in [6.07, 6.45) is 6.41. The highest BCUT2D eigenvalue weighted by Crippen LogP contribution is 2.43. The Morgan fingerprint density at radius 2 is 1.87 bits per heavy atom. The van der Waals surface area contributed by atoms with Crippen LogP contribution < -0.4 is 0 Å². The highest BCUT2D eigenvalue weighted by molar-refractivity contribution is 5.83. The first-order valence-electron chi connectivity index (χ1n) is 11.5. The molecule has 1 atom stereocenters. The number of ether oxygens (including phenoxy) is 1. The first-order valence-corrected chi connectivity index (χ1v) is 11.5. The zero-order chi connectivity index (χ0) is 21.4. The van der Waals surface area contributed by atoms with Gasteiger partial charge in [0, 0.05) is 22.6 Å². The minimum absolute atomic E-state index is 0.0481. The summed E-state index contributed by atoms with van der Waals surface area (Å²) in [5, 5.41) is 1.20. The SMILES string of the molecule is CC(OCC1(c2ccc(F)cc2)CCN(C)CC1)c1cc(C2CC2)cc2cccnc12. The molecule has 2 aromatic carbocycles. The maximum absolute atomic E-state index is 13.6. The molecule has 1 unspecified atom stereocenters. The Hall–Kier alpha value is -2.30. The second-order valence-corrected chi connectivity index (χ2v) is 9.50. The molecule has 5 rings (SSSR count). The molecule has 0 bridgehead atoms. The van der Waals surface area contributed by atoms with Crippen molar-refractivity contribution in [2.24, 2.45) is 0 Å². The zero-order valence-corrected chi connectivity index (χ0v) is 18.5. The molecule has 2 fully saturated rings. The molecular formula is C27H31FN2O. The van der Waals surface area contributed by atoms with Crippen LogP contribution in [0.1, 0.15) is 61.3 Å². The van der Waals surface area contributed by atoms with E-state index in [4.69, 9.17) is 4.74 Å². The predicted octanol–water partition coefficient (Wildman–Crippen LogP) is 5.99. The van der Waals surface area contributed by atoms with Gasteiger partial charge in [-0.1, -0.05) is 24.3 Å². The molecule has 2 heterocycles. The van der Waals surface area contributed by atoms with Gasteiger partial charge in [-0.25, -0.2) is 4.39 Å². The normalized spacial score (nSPS) is 20.1. The number of hydrogen-bond donors (Lipinski definition) is 0. The molecule has 4 heteroatoms. The van der Waals surface area contributed by atoms with Crippen LogP contribution in [0.3, 0.4) is 0 Å². The largest absolute Gasteiger partial charge is 0.373 e. The van der Waals surface area contributed by atoms with Crippen LogP contribution in [0.15, 0.2) is 54.7 Å². The molecule has 1 aliphatic heterocycles. The Kier molecular flexibility index (Phi) is 5.53. The van der Waals surface area contributed by atoms with Gasteiger partial charge in [-0.2, -0.15) is 0 Å². The summed E-state index contributed by atoms with van der Waals surface area (Å²) in [5.74, 6) is 0.505. The van der Waals surface area contributed by atoms with E-state index < -0.39 is 0 Å². The van der Waals surface area contributed by atoms with E-state index in [9.17, 15) is 4.39 Å². The number of hydrogen-bond acceptors (Lipinski definition) is 3. The van der Waals surface area contributed by atoms with Gasteiger partial charge in [0.25, 0.3) is 0 Å². The third-order valence-electron chi connectivity index (χ3n) is 7.25. The van der Waals surface area contributed by atoms with Gasteiger partial charge in [0.05, 0.1) is 18.2 Å². The van der Waals surface area contributed by atoms with E-state index in [1.807, 2.05) is 24.4 Å². The molecule has 1 saturated carbocycles. The number of rotatable bonds is 6. The van der Waals surface area contributed by atoms with Crippen LogP contribution in [-0.4, -0.2) is 36.6 Å². The van der Waals surface area contributed by atoms with Gasteiger partial charge in [0.15, 0.2) is 0 Å². The van der Waals surface area contributed by atoms with Crippen LogP contribution in [-0.2, 0) is 10.2 Å². The van der Waals surface area contributed by atoms with Crippen molar-refractivity contribution in [3.05, 3.63) is 77.2 Å². The van der Waals surface area contributed by atoms with Gasteiger partial charge in [0.2, 0.25) is 0 Å². The van der Waals surface area contributed by atoms with Crippen molar-refractivity contribution in [1.29, 1.82) is 0 Å². The van der Waals surface area contributed by atoms with Crippen LogP contribution >= 0.6 is 0 Å². The van der Waals surface area contributed by atoms with Gasteiger partial charge in [-0.3, -0.25) is 4.98 Å². The second-order valence-electron chi connectivity index (χ2n) is 9.50. The van der Waals surface area contributed by atoms with Crippen molar-refractivity contribution in [2.75, 3.05) is 26.7 Å². The summed E-state index contributed by atoms with van der Waals surface area (Å²) in [4.78, 5) is 7.05. The number of aromatic nitrogens is 1. The standard InChI is InChI=1S/C27H31FN2O/c1-19(25-17-22(20-5-6-20)16-21-4-3-13-29-26(21)25)31-18-27(11-14-30(2)15-12-27)23-7-9-24(28)10-8-23/h3-4,7-10,13,16-17,19-20H,5-6,11-12,14-15,18H2,1-2H3. The minimum atomic E-state index is -0.185. The lowest BCUT2D eigenvalue weighted by Gasteiger charge is -2.41. The molecule has 0 amide bonds. The first kappa shape index (κ1) is 20.6. The lowest BCUT2D eigenvalue weighted by Crippen LogP contribution is -2.44. The van der Waals surface area contributed by atoms with E-state index in [2.05, 4.69) is 42.1 Å². The lowest BCUT2D eigenvalue weighted by atomic mass is 9.73. The molecule has 2 aliphatic rings. The topological polar surface area (TPSA) is 25.4 Å². The van der Waals surface area contributed by atoms with Gasteiger partial charge in [0.1, 0.15) is 5.82 Å². The fourth-order valence-corrected chi connectivity index (χ4v) is 4.95. The molecule has 1 saturated heterocycles. The fraction of sp³-hybridized carbons (Fsp3) is 0.444. The fourth-order valence-electron chi connectivity index (χ4n) is 4.95. The van der Waals surface area contributed by atoms with Crippen molar-refractivity contribution in [2.45, 2.75) is 50.0 Å². The number of piperidine rings is 1. The maximum atomic E-state index is 13.6. The van der Waals surface area contributed by atoms with E-state index in [0.717, 1.165) is 31.4 Å². The van der Waals surface area contributed by atoms with Crippen molar-refractivity contribution in [3.8, 4) is 0 Å². The number of pyridine rings is 1. The molecule has 162 valence electrons. The lowest BCUT2D eigenvalue weighted by molar-refractivity contribution is 0.00694. The number of halogens is 1. The van der Waals surface area contributed by atoms with Crippen LogP contribution in [0.2, 0.25) is 0 Å². The second kappa shape index (κ2) is 8.33. The van der Waals surface area contributed by atoms with Gasteiger partial charge >= 0.3 is 0 Å². The molecule has 0 radical (unpaired) electrons. The van der Waals surface area contributed by atoms with E-state index in [-0.39, 0.29) is 17.3 Å². The van der Waals surface area contributed by atoms with Gasteiger partial charge < -0.3 is 9.64 Å². The van der Waals surface area contributed by atoms with Crippen molar-refractivity contribution < 1.29 is 9.13 Å². The summed E-state index contributed by atoms with van der Waals surface area (Å²) in [5.41, 5.74) is 4.74. The number of fused-ring (bicyclic) bond motifs is 1. The molecule has 3 aromatic rings. The summed E-state index contributed by atoms with van der Waals surface area (Å²) in [6, 6.07) is 15.8. The third-order valence-corrected chi connectivity index (χ3v) is 7.25. The zero-order valence-electron chi connectivity index (χ0n) is 18.5. The van der Waals surface area contributed by atoms with E-state index >= 15 is 0 Å². The van der Waals surface area contributed by atoms with Gasteiger partial charge in [-0.05, 0) is 94.1 Å². The number of benzene rings is 2. The number of likely N-dealkylation sites (tertiary alicyclic amines) is 1. The van der Waals surface area contributed by atoms with Crippen molar-refractivity contribution in [3.63, 3.8) is 0 Å². The van der Waals surface area contributed by atoms with Crippen LogP contribution in [0.25, 0.3) is 10.9 Å². The summed E-state index contributed by atoms with van der Waals surface area (Å²) in [6.45, 7) is 4.83. The average molecular weight is 419 g/mol. The minimum Gasteiger partial charge on any atom is -0.373 e. The van der Waals surface area contributed by atoms with E-state index in [1.165, 1.54) is 34.9 Å². The van der Waals surface area contributed by atoms with Crippen LogP contribution in [0.4, 0.5) is 4.39 Å². The molecule has 0 N–H and O–H groups in total. The number of nitrogens with zero attached hydrogens (tertiary/aromatic N) is 2. The van der Waals surface area contributed by atoms with E-state index in [1.54, 1.807) is 12.1 Å². The maximum Gasteiger partial charge on any atom is 0.123 e. The molecular weight excluding hydrogens is 387 g/mol. The highest BCUT2D eigenvalue weighted by atomic mass is 19.1. The molecule has 31 heavy (non-hydrogen) atoms. The van der Waals surface area contributed by atoms with Crippen molar-refractivity contribution >= 4 is 10.9 Å².